The van der Waals surface area contributed by atoms with Crippen LogP contribution in [0.3, 0.4) is 0 Å². The second-order valence-electron chi connectivity index (χ2n) is 3.00. The van der Waals surface area contributed by atoms with Crippen LogP contribution in [0.15, 0.2) is 22.7 Å². The highest BCUT2D eigenvalue weighted by molar-refractivity contribution is 9.10. The van der Waals surface area contributed by atoms with Crippen molar-refractivity contribution < 1.29 is 4.74 Å². The lowest BCUT2D eigenvalue weighted by Gasteiger charge is -2.11. The molecule has 0 aliphatic heterocycles. The molecule has 6 heteroatoms. The predicted octanol–water partition coefficient (Wildman–Crippen LogP) is 3.04. The van der Waals surface area contributed by atoms with Crippen molar-refractivity contribution in [2.75, 3.05) is 25.6 Å². The second kappa shape index (κ2) is 7.06. The lowest BCUT2D eigenvalue weighted by atomic mass is 10.3. The van der Waals surface area contributed by atoms with Gasteiger partial charge in [-0.1, -0.05) is 27.5 Å². The molecule has 1 aromatic rings. The third-order valence-electron chi connectivity index (χ3n) is 1.77. The van der Waals surface area contributed by atoms with E-state index in [-0.39, 0.29) is 0 Å². The van der Waals surface area contributed by atoms with Gasteiger partial charge >= 0.3 is 0 Å². The fourth-order valence-electron chi connectivity index (χ4n) is 1.02. The van der Waals surface area contributed by atoms with Crippen LogP contribution in [0.25, 0.3) is 0 Å². The SMILES string of the molecule is COCCNC(=S)Nc1ccc(Br)cc1Cl. The van der Waals surface area contributed by atoms with Gasteiger partial charge in [-0.25, -0.2) is 0 Å². The van der Waals surface area contributed by atoms with Gasteiger partial charge in [-0.3, -0.25) is 0 Å². The number of benzene rings is 1. The van der Waals surface area contributed by atoms with Crippen LogP contribution < -0.4 is 10.6 Å². The van der Waals surface area contributed by atoms with E-state index in [4.69, 9.17) is 28.6 Å². The van der Waals surface area contributed by atoms with Gasteiger partial charge < -0.3 is 15.4 Å². The predicted molar refractivity (Wildman–Crippen MR) is 75.3 cm³/mol. The van der Waals surface area contributed by atoms with Crippen LogP contribution in [0, 0.1) is 0 Å². The van der Waals surface area contributed by atoms with Gasteiger partial charge in [0.15, 0.2) is 5.11 Å². The van der Waals surface area contributed by atoms with Crippen LogP contribution in [0.4, 0.5) is 5.69 Å². The number of thiocarbonyl (C=S) groups is 1. The molecule has 88 valence electrons. The maximum Gasteiger partial charge on any atom is 0.170 e. The van der Waals surface area contributed by atoms with Gasteiger partial charge in [0, 0.05) is 18.1 Å². The normalized spacial score (nSPS) is 9.94. The lowest BCUT2D eigenvalue weighted by molar-refractivity contribution is 0.204. The molecular formula is C10H12BrClN2OS. The third kappa shape index (κ3) is 4.65. The molecule has 0 saturated heterocycles. The van der Waals surface area contributed by atoms with Crippen molar-refractivity contribution in [1.82, 2.24) is 5.32 Å². The summed E-state index contributed by atoms with van der Waals surface area (Å²) in [7, 11) is 1.64. The summed E-state index contributed by atoms with van der Waals surface area (Å²) in [6, 6.07) is 5.56. The summed E-state index contributed by atoms with van der Waals surface area (Å²) in [4.78, 5) is 0. The lowest BCUT2D eigenvalue weighted by Crippen LogP contribution is -2.31. The molecule has 2 N–H and O–H groups in total. The first-order chi connectivity index (χ1) is 7.63. The Labute approximate surface area is 114 Å². The van der Waals surface area contributed by atoms with E-state index in [2.05, 4.69) is 26.6 Å². The van der Waals surface area contributed by atoms with Crippen LogP contribution in [0.1, 0.15) is 0 Å². The Balaban J connectivity index is 2.49. The minimum Gasteiger partial charge on any atom is -0.383 e. The number of hydrogen-bond donors (Lipinski definition) is 2. The van der Waals surface area contributed by atoms with Crippen molar-refractivity contribution in [3.8, 4) is 0 Å². The largest absolute Gasteiger partial charge is 0.383 e. The maximum atomic E-state index is 6.03. The summed E-state index contributed by atoms with van der Waals surface area (Å²) >= 11 is 14.5. The summed E-state index contributed by atoms with van der Waals surface area (Å²) in [5.74, 6) is 0. The topological polar surface area (TPSA) is 33.3 Å². The average Bonchev–Trinajstić information content (AvgIpc) is 2.23. The number of nitrogens with one attached hydrogen (secondary N) is 2. The number of methoxy groups -OCH3 is 1. The summed E-state index contributed by atoms with van der Waals surface area (Å²) in [6.07, 6.45) is 0. The molecule has 0 unspecified atom stereocenters. The average molecular weight is 324 g/mol. The Kier molecular flexibility index (Phi) is 6.05. The Hall–Kier alpha value is -0.360. The van der Waals surface area contributed by atoms with Gasteiger partial charge in [0.2, 0.25) is 0 Å². The quantitative estimate of drug-likeness (QED) is 0.659. The van der Waals surface area contributed by atoms with Gasteiger partial charge in [0.25, 0.3) is 0 Å². The summed E-state index contributed by atoms with van der Waals surface area (Å²) in [5, 5.41) is 7.15. The van der Waals surface area contributed by atoms with Crippen LogP contribution >= 0.6 is 39.7 Å². The van der Waals surface area contributed by atoms with E-state index < -0.39 is 0 Å². The highest BCUT2D eigenvalue weighted by atomic mass is 79.9. The van der Waals surface area contributed by atoms with E-state index >= 15 is 0 Å². The van der Waals surface area contributed by atoms with Crippen LogP contribution in [-0.2, 0) is 4.74 Å². The first-order valence-corrected chi connectivity index (χ1v) is 6.20. The molecular weight excluding hydrogens is 312 g/mol. The highest BCUT2D eigenvalue weighted by Crippen LogP contribution is 2.25. The second-order valence-corrected chi connectivity index (χ2v) is 4.73. The molecule has 0 radical (unpaired) electrons. The van der Waals surface area contributed by atoms with E-state index in [1.807, 2.05) is 18.2 Å². The van der Waals surface area contributed by atoms with E-state index in [0.29, 0.717) is 23.3 Å². The molecule has 0 spiro atoms. The maximum absolute atomic E-state index is 6.03. The van der Waals surface area contributed by atoms with Gasteiger partial charge in [-0.05, 0) is 30.4 Å². The number of ether oxygens (including phenoxy) is 1. The standard InChI is InChI=1S/C10H12BrClN2OS/c1-15-5-4-13-10(16)14-9-3-2-7(11)6-8(9)12/h2-3,6H,4-5H2,1H3,(H2,13,14,16). The van der Waals surface area contributed by atoms with Crippen molar-refractivity contribution >= 4 is 50.5 Å². The first kappa shape index (κ1) is 13.7. The molecule has 1 aromatic carbocycles. The number of rotatable bonds is 4. The zero-order valence-electron chi connectivity index (χ0n) is 8.72. The van der Waals surface area contributed by atoms with E-state index in [1.54, 1.807) is 7.11 Å². The molecule has 0 bridgehead atoms. The Morgan fingerprint density at radius 2 is 2.31 bits per heavy atom. The summed E-state index contributed by atoms with van der Waals surface area (Å²) in [6.45, 7) is 1.27. The fourth-order valence-corrected chi connectivity index (χ4v) is 1.96. The number of anilines is 1. The van der Waals surface area contributed by atoms with Gasteiger partial charge in [-0.2, -0.15) is 0 Å². The molecule has 0 fully saturated rings. The molecule has 3 nitrogen and oxygen atoms in total. The molecule has 0 aromatic heterocycles. The first-order valence-electron chi connectivity index (χ1n) is 4.62. The van der Waals surface area contributed by atoms with Gasteiger partial charge in [0.05, 0.1) is 17.3 Å². The molecule has 0 heterocycles. The Morgan fingerprint density at radius 3 is 2.94 bits per heavy atom. The minimum absolute atomic E-state index is 0.529. The molecule has 0 aliphatic rings. The van der Waals surface area contributed by atoms with Gasteiger partial charge in [0.1, 0.15) is 0 Å². The zero-order chi connectivity index (χ0) is 12.0. The molecule has 0 aliphatic carbocycles. The molecule has 0 amide bonds. The number of hydrogen-bond acceptors (Lipinski definition) is 2. The van der Waals surface area contributed by atoms with E-state index in [1.165, 1.54) is 0 Å². The van der Waals surface area contributed by atoms with Crippen molar-refractivity contribution in [3.63, 3.8) is 0 Å². The molecule has 0 atom stereocenters. The van der Waals surface area contributed by atoms with Crippen LogP contribution in [0.2, 0.25) is 5.02 Å². The fraction of sp³-hybridized carbons (Fsp3) is 0.300. The smallest absolute Gasteiger partial charge is 0.170 e. The van der Waals surface area contributed by atoms with E-state index in [9.17, 15) is 0 Å². The summed E-state index contributed by atoms with van der Waals surface area (Å²) < 4.78 is 5.83. The third-order valence-corrected chi connectivity index (χ3v) is 2.82. The Bertz CT molecular complexity index is 376. The molecule has 0 saturated carbocycles. The number of halogens is 2. The molecule has 16 heavy (non-hydrogen) atoms. The van der Waals surface area contributed by atoms with Crippen molar-refractivity contribution in [2.45, 2.75) is 0 Å². The van der Waals surface area contributed by atoms with Crippen molar-refractivity contribution in [1.29, 1.82) is 0 Å². The van der Waals surface area contributed by atoms with Gasteiger partial charge in [-0.15, -0.1) is 0 Å². The van der Waals surface area contributed by atoms with Crippen LogP contribution in [0.5, 0.6) is 0 Å². The van der Waals surface area contributed by atoms with Crippen molar-refractivity contribution in [2.24, 2.45) is 0 Å². The Morgan fingerprint density at radius 1 is 1.56 bits per heavy atom. The van der Waals surface area contributed by atoms with E-state index in [0.717, 1.165) is 10.2 Å². The van der Waals surface area contributed by atoms with Crippen LogP contribution in [-0.4, -0.2) is 25.4 Å². The summed E-state index contributed by atoms with van der Waals surface area (Å²) in [5.41, 5.74) is 0.778. The molecule has 1 rings (SSSR count). The monoisotopic (exact) mass is 322 g/mol. The minimum atomic E-state index is 0.529. The van der Waals surface area contributed by atoms with Crippen molar-refractivity contribution in [3.05, 3.63) is 27.7 Å². The highest BCUT2D eigenvalue weighted by Gasteiger charge is 2.02. The zero-order valence-corrected chi connectivity index (χ0v) is 11.9.